The second kappa shape index (κ2) is 7.34. The Hall–Kier alpha value is -2.25. The van der Waals surface area contributed by atoms with Crippen molar-refractivity contribution >= 4 is 17.7 Å². The largest absolute Gasteiger partial charge is 0.394 e. The minimum Gasteiger partial charge on any atom is -0.394 e. The van der Waals surface area contributed by atoms with E-state index in [0.29, 0.717) is 17.7 Å². The number of fused-ring (bicyclic) bond motifs is 1. The lowest BCUT2D eigenvalue weighted by Gasteiger charge is -2.17. The van der Waals surface area contributed by atoms with Crippen LogP contribution in [0, 0.1) is 0 Å². The van der Waals surface area contributed by atoms with Gasteiger partial charge in [-0.2, -0.15) is 0 Å². The lowest BCUT2D eigenvalue weighted by Crippen LogP contribution is -2.35. The van der Waals surface area contributed by atoms with E-state index in [-0.39, 0.29) is 49.1 Å². The molecule has 0 radical (unpaired) electrons. The predicted octanol–water partition coefficient (Wildman–Crippen LogP) is 0.430. The summed E-state index contributed by atoms with van der Waals surface area (Å²) in [6, 6.07) is 4.25. The van der Waals surface area contributed by atoms with Crippen molar-refractivity contribution in [3.63, 3.8) is 0 Å². The molecule has 1 aliphatic rings. The zero-order valence-corrected chi connectivity index (χ0v) is 13.2. The summed E-state index contributed by atoms with van der Waals surface area (Å²) < 4.78 is 5.04. The van der Waals surface area contributed by atoms with Gasteiger partial charge in [0, 0.05) is 18.2 Å². The van der Waals surface area contributed by atoms with Gasteiger partial charge in [-0.1, -0.05) is 0 Å². The summed E-state index contributed by atoms with van der Waals surface area (Å²) in [6.07, 6.45) is 0. The first-order valence-corrected chi connectivity index (χ1v) is 7.46. The molecule has 1 heterocycles. The first-order chi connectivity index (χ1) is 11.0. The number of hydrogen-bond acceptors (Lipinski definition) is 5. The highest BCUT2D eigenvalue weighted by Crippen LogP contribution is 2.25. The molecule has 23 heavy (non-hydrogen) atoms. The van der Waals surface area contributed by atoms with Crippen molar-refractivity contribution in [3.8, 4) is 0 Å². The van der Waals surface area contributed by atoms with Crippen molar-refractivity contribution in [2.75, 3.05) is 26.4 Å². The number of ether oxygens (including phenoxy) is 1. The minimum absolute atomic E-state index is 0.0682. The Morgan fingerprint density at radius 1 is 1.22 bits per heavy atom. The van der Waals surface area contributed by atoms with Crippen LogP contribution in [0.2, 0.25) is 0 Å². The standard InChI is InChI=1S/C16H20N2O5/c1-10(2)18-15(21)12-4-3-11(9-13(12)16(18)22)14(20)17-5-7-23-8-6-19/h3-4,9-10,19H,5-8H2,1-2H3,(H,17,20). The first kappa shape index (κ1) is 17.1. The van der Waals surface area contributed by atoms with E-state index in [4.69, 9.17) is 9.84 Å². The van der Waals surface area contributed by atoms with Crippen LogP contribution in [-0.2, 0) is 4.74 Å². The van der Waals surface area contributed by atoms with Gasteiger partial charge < -0.3 is 15.2 Å². The van der Waals surface area contributed by atoms with Gasteiger partial charge in [-0.25, -0.2) is 0 Å². The Labute approximate surface area is 134 Å². The number of amides is 3. The van der Waals surface area contributed by atoms with Gasteiger partial charge in [0.15, 0.2) is 0 Å². The number of carbonyl (C=O) groups is 3. The van der Waals surface area contributed by atoms with Gasteiger partial charge in [0.25, 0.3) is 17.7 Å². The molecule has 0 saturated carbocycles. The van der Waals surface area contributed by atoms with Crippen LogP contribution in [0.5, 0.6) is 0 Å². The number of hydrogen-bond donors (Lipinski definition) is 2. The lowest BCUT2D eigenvalue weighted by molar-refractivity contribution is 0.0609. The highest BCUT2D eigenvalue weighted by Gasteiger charge is 2.37. The van der Waals surface area contributed by atoms with Crippen LogP contribution >= 0.6 is 0 Å². The number of nitrogens with one attached hydrogen (secondary N) is 1. The van der Waals surface area contributed by atoms with E-state index in [1.807, 2.05) is 0 Å². The zero-order chi connectivity index (χ0) is 17.0. The molecule has 0 saturated heterocycles. The molecule has 1 aromatic carbocycles. The number of aliphatic hydroxyl groups is 1. The molecule has 2 rings (SSSR count). The molecule has 3 amide bonds. The summed E-state index contributed by atoms with van der Waals surface area (Å²) >= 11 is 0. The fourth-order valence-electron chi connectivity index (χ4n) is 2.38. The smallest absolute Gasteiger partial charge is 0.261 e. The molecule has 1 aliphatic heterocycles. The quantitative estimate of drug-likeness (QED) is 0.561. The summed E-state index contributed by atoms with van der Waals surface area (Å²) in [6.45, 7) is 4.26. The van der Waals surface area contributed by atoms with E-state index in [0.717, 1.165) is 0 Å². The van der Waals surface area contributed by atoms with Gasteiger partial charge in [0.2, 0.25) is 0 Å². The van der Waals surface area contributed by atoms with E-state index in [1.165, 1.54) is 23.1 Å². The second-order valence-corrected chi connectivity index (χ2v) is 5.43. The molecule has 0 bridgehead atoms. The van der Waals surface area contributed by atoms with Crippen molar-refractivity contribution in [1.82, 2.24) is 10.2 Å². The number of carbonyl (C=O) groups excluding carboxylic acids is 3. The molecule has 2 N–H and O–H groups in total. The van der Waals surface area contributed by atoms with Crippen LogP contribution in [0.25, 0.3) is 0 Å². The Balaban J connectivity index is 2.06. The molecule has 0 aliphatic carbocycles. The molecule has 7 heteroatoms. The van der Waals surface area contributed by atoms with E-state index in [2.05, 4.69) is 5.32 Å². The van der Waals surface area contributed by atoms with E-state index in [9.17, 15) is 14.4 Å². The summed E-state index contributed by atoms with van der Waals surface area (Å²) in [7, 11) is 0. The zero-order valence-electron chi connectivity index (χ0n) is 13.2. The van der Waals surface area contributed by atoms with Gasteiger partial charge in [0.05, 0.1) is 30.9 Å². The highest BCUT2D eigenvalue weighted by molar-refractivity contribution is 6.22. The average molecular weight is 320 g/mol. The van der Waals surface area contributed by atoms with Crippen LogP contribution in [-0.4, -0.2) is 60.1 Å². The monoisotopic (exact) mass is 320 g/mol. The van der Waals surface area contributed by atoms with Gasteiger partial charge in [-0.15, -0.1) is 0 Å². The summed E-state index contributed by atoms with van der Waals surface area (Å²) in [5.74, 6) is -1.05. The first-order valence-electron chi connectivity index (χ1n) is 7.46. The summed E-state index contributed by atoms with van der Waals surface area (Å²) in [5, 5.41) is 11.2. The third-order valence-electron chi connectivity index (χ3n) is 3.46. The van der Waals surface area contributed by atoms with Crippen molar-refractivity contribution in [2.45, 2.75) is 19.9 Å². The van der Waals surface area contributed by atoms with Crippen molar-refractivity contribution in [3.05, 3.63) is 34.9 Å². The molecular formula is C16H20N2O5. The van der Waals surface area contributed by atoms with E-state index >= 15 is 0 Å². The third-order valence-corrected chi connectivity index (χ3v) is 3.46. The third kappa shape index (κ3) is 3.57. The number of aliphatic hydroxyl groups excluding tert-OH is 1. The van der Waals surface area contributed by atoms with Gasteiger partial charge in [-0.05, 0) is 32.0 Å². The van der Waals surface area contributed by atoms with E-state index < -0.39 is 0 Å². The topological polar surface area (TPSA) is 95.9 Å². The molecule has 0 unspecified atom stereocenters. The van der Waals surface area contributed by atoms with E-state index in [1.54, 1.807) is 13.8 Å². The van der Waals surface area contributed by atoms with Crippen LogP contribution in [0.3, 0.4) is 0 Å². The van der Waals surface area contributed by atoms with Crippen LogP contribution in [0.4, 0.5) is 0 Å². The Bertz CT molecular complexity index is 627. The number of rotatable bonds is 7. The lowest BCUT2D eigenvalue weighted by atomic mass is 10.1. The van der Waals surface area contributed by atoms with Crippen molar-refractivity contribution < 1.29 is 24.2 Å². The normalized spacial score (nSPS) is 13.7. The van der Waals surface area contributed by atoms with Crippen molar-refractivity contribution in [2.24, 2.45) is 0 Å². The Morgan fingerprint density at radius 3 is 2.57 bits per heavy atom. The van der Waals surface area contributed by atoms with Crippen LogP contribution in [0.15, 0.2) is 18.2 Å². The molecule has 1 aromatic rings. The number of nitrogens with zero attached hydrogens (tertiary/aromatic N) is 1. The number of benzene rings is 1. The summed E-state index contributed by atoms with van der Waals surface area (Å²) in [5.41, 5.74) is 0.900. The van der Waals surface area contributed by atoms with Crippen molar-refractivity contribution in [1.29, 1.82) is 0 Å². The Morgan fingerprint density at radius 2 is 1.91 bits per heavy atom. The maximum Gasteiger partial charge on any atom is 0.261 e. The summed E-state index contributed by atoms with van der Waals surface area (Å²) in [4.78, 5) is 37.7. The van der Waals surface area contributed by atoms with Gasteiger partial charge in [0.1, 0.15) is 0 Å². The van der Waals surface area contributed by atoms with Crippen LogP contribution < -0.4 is 5.32 Å². The molecule has 124 valence electrons. The highest BCUT2D eigenvalue weighted by atomic mass is 16.5. The average Bonchev–Trinajstić information content (AvgIpc) is 2.78. The minimum atomic E-state index is -0.374. The molecule has 0 spiro atoms. The van der Waals surface area contributed by atoms with Gasteiger partial charge >= 0.3 is 0 Å². The maximum absolute atomic E-state index is 12.3. The fraction of sp³-hybridized carbons (Fsp3) is 0.438. The SMILES string of the molecule is CC(C)N1C(=O)c2ccc(C(=O)NCCOCCO)cc2C1=O. The molecular weight excluding hydrogens is 300 g/mol. The Kier molecular flexibility index (Phi) is 5.46. The predicted molar refractivity (Wildman–Crippen MR) is 82.3 cm³/mol. The molecule has 0 atom stereocenters. The maximum atomic E-state index is 12.3. The second-order valence-electron chi connectivity index (χ2n) is 5.43. The van der Waals surface area contributed by atoms with Crippen LogP contribution in [0.1, 0.15) is 44.9 Å². The number of imide groups is 1. The molecule has 7 nitrogen and oxygen atoms in total. The molecule has 0 aromatic heterocycles. The van der Waals surface area contributed by atoms with Gasteiger partial charge in [-0.3, -0.25) is 19.3 Å². The molecule has 0 fully saturated rings. The fourth-order valence-corrected chi connectivity index (χ4v) is 2.38.